The zero-order valence-electron chi connectivity index (χ0n) is 28.3. The molecule has 2 heterocycles. The number of piperidine rings is 1. The Morgan fingerprint density at radius 1 is 0.761 bits per heavy atom. The molecule has 0 saturated carbocycles. The number of carbonyl (C=O) groups is 2. The number of hydrogen-bond acceptors (Lipinski definition) is 7. The molecule has 1 atom stereocenters. The summed E-state index contributed by atoms with van der Waals surface area (Å²) in [6.45, 7) is 16.9. The van der Waals surface area contributed by atoms with Crippen LogP contribution in [0.4, 0.5) is 0 Å². The van der Waals surface area contributed by atoms with Crippen molar-refractivity contribution < 1.29 is 28.5 Å². The van der Waals surface area contributed by atoms with Crippen LogP contribution in [-0.4, -0.2) is 43.1 Å². The predicted molar refractivity (Wildman–Crippen MR) is 181 cm³/mol. The van der Waals surface area contributed by atoms with Crippen molar-refractivity contribution in [3.05, 3.63) is 83.4 Å². The molecule has 0 spiro atoms. The molecular weight excluding hydrogens is 578 g/mol. The van der Waals surface area contributed by atoms with Gasteiger partial charge in [-0.1, -0.05) is 30.7 Å². The first-order valence-electron chi connectivity index (χ1n) is 16.3. The van der Waals surface area contributed by atoms with Gasteiger partial charge < -0.3 is 18.9 Å². The van der Waals surface area contributed by atoms with Crippen LogP contribution < -0.4 is 18.9 Å². The fourth-order valence-electron chi connectivity index (χ4n) is 5.54. The molecule has 0 amide bonds. The highest BCUT2D eigenvalue weighted by molar-refractivity contribution is 5.96. The van der Waals surface area contributed by atoms with Gasteiger partial charge in [-0.3, -0.25) is 14.5 Å². The Morgan fingerprint density at radius 3 is 1.93 bits per heavy atom. The minimum Gasteiger partial charge on any atom is -0.492 e. The lowest BCUT2D eigenvalue weighted by Crippen LogP contribution is -2.33. The van der Waals surface area contributed by atoms with Gasteiger partial charge in [0, 0.05) is 23.7 Å². The summed E-state index contributed by atoms with van der Waals surface area (Å²) in [7, 11) is 0. The number of allylic oxidation sites excluding steroid dienone is 1. The first-order chi connectivity index (χ1) is 21.8. The van der Waals surface area contributed by atoms with E-state index >= 15 is 0 Å². The Balaban J connectivity index is 1.43. The highest BCUT2D eigenvalue weighted by Gasteiger charge is 2.31. The van der Waals surface area contributed by atoms with Crippen molar-refractivity contribution in [2.45, 2.75) is 73.8 Å². The molecule has 46 heavy (non-hydrogen) atoms. The number of nitrogens with zero attached hydrogens (tertiary/aromatic N) is 1. The smallest absolute Gasteiger partial charge is 0.316 e. The number of ether oxygens (including phenoxy) is 4. The number of benzene rings is 3. The summed E-state index contributed by atoms with van der Waals surface area (Å²) in [6, 6.07) is 21.2. The summed E-state index contributed by atoms with van der Waals surface area (Å²) in [5, 5.41) is 0. The molecule has 0 aromatic heterocycles. The van der Waals surface area contributed by atoms with Crippen LogP contribution in [0.15, 0.2) is 66.7 Å². The van der Waals surface area contributed by atoms with Crippen LogP contribution in [0.2, 0.25) is 0 Å². The normalized spacial score (nSPS) is 17.2. The lowest BCUT2D eigenvalue weighted by Gasteiger charge is -2.31. The summed E-state index contributed by atoms with van der Waals surface area (Å²) in [4.78, 5) is 27.6. The molecule has 7 heteroatoms. The van der Waals surface area contributed by atoms with Gasteiger partial charge in [0.15, 0.2) is 0 Å². The molecule has 1 unspecified atom stereocenters. The van der Waals surface area contributed by atoms with Crippen molar-refractivity contribution >= 4 is 23.1 Å². The van der Waals surface area contributed by atoms with Crippen molar-refractivity contribution in [1.82, 2.24) is 4.90 Å². The van der Waals surface area contributed by atoms with Gasteiger partial charge in [-0.05, 0) is 127 Å². The van der Waals surface area contributed by atoms with E-state index in [1.807, 2.05) is 96.1 Å². The topological polar surface area (TPSA) is 74.3 Å². The van der Waals surface area contributed by atoms with E-state index in [0.717, 1.165) is 53.2 Å². The number of esters is 2. The number of fused-ring (bicyclic) bond motifs is 1. The monoisotopic (exact) mass is 625 g/mol. The second-order valence-electron chi connectivity index (χ2n) is 14.3. The Labute approximate surface area is 273 Å². The Morgan fingerprint density at radius 2 is 1.33 bits per heavy atom. The molecule has 2 aliphatic heterocycles. The van der Waals surface area contributed by atoms with Crippen molar-refractivity contribution in [3.8, 4) is 23.0 Å². The minimum atomic E-state index is -0.632. The minimum absolute atomic E-state index is 0.287. The number of carbonyl (C=O) groups excluding carboxylic acids is 2. The van der Waals surface area contributed by atoms with Crippen LogP contribution >= 0.6 is 0 Å². The fraction of sp³-hybridized carbons (Fsp3) is 0.436. The number of rotatable bonds is 8. The van der Waals surface area contributed by atoms with Crippen LogP contribution in [0.1, 0.15) is 90.5 Å². The maximum atomic E-state index is 12.6. The third-order valence-corrected chi connectivity index (χ3v) is 8.39. The zero-order valence-corrected chi connectivity index (χ0v) is 28.3. The third kappa shape index (κ3) is 8.00. The van der Waals surface area contributed by atoms with E-state index in [4.69, 9.17) is 18.9 Å². The van der Waals surface area contributed by atoms with E-state index in [-0.39, 0.29) is 11.9 Å². The van der Waals surface area contributed by atoms with Gasteiger partial charge in [-0.15, -0.1) is 0 Å². The Hall–Kier alpha value is -4.10. The first kappa shape index (κ1) is 33.3. The molecule has 1 saturated heterocycles. The van der Waals surface area contributed by atoms with E-state index in [0.29, 0.717) is 23.9 Å². The molecule has 0 aliphatic carbocycles. The maximum absolute atomic E-state index is 12.6. The fourth-order valence-corrected chi connectivity index (χ4v) is 5.54. The van der Waals surface area contributed by atoms with E-state index in [1.54, 1.807) is 12.1 Å². The molecule has 0 N–H and O–H groups in total. The summed E-state index contributed by atoms with van der Waals surface area (Å²) >= 11 is 0. The van der Waals surface area contributed by atoms with Crippen LogP contribution in [-0.2, 0) is 9.59 Å². The first-order valence-corrected chi connectivity index (χ1v) is 16.3. The van der Waals surface area contributed by atoms with Gasteiger partial charge in [-0.25, -0.2) is 0 Å². The van der Waals surface area contributed by atoms with Gasteiger partial charge in [0.05, 0.1) is 10.8 Å². The molecule has 3 aromatic rings. The van der Waals surface area contributed by atoms with Gasteiger partial charge >= 0.3 is 11.9 Å². The molecular formula is C39H47NO6. The molecule has 7 nitrogen and oxygen atoms in total. The highest BCUT2D eigenvalue weighted by atomic mass is 16.5. The summed E-state index contributed by atoms with van der Waals surface area (Å²) in [6.07, 6.45) is 3.41. The molecule has 0 bridgehead atoms. The molecule has 3 aromatic carbocycles. The Bertz CT molecular complexity index is 1570. The second-order valence-corrected chi connectivity index (χ2v) is 14.3. The summed E-state index contributed by atoms with van der Waals surface area (Å²) < 4.78 is 24.2. The van der Waals surface area contributed by atoms with Crippen LogP contribution in [0, 0.1) is 10.8 Å². The molecule has 1 fully saturated rings. The van der Waals surface area contributed by atoms with E-state index in [1.165, 1.54) is 19.3 Å². The van der Waals surface area contributed by atoms with Crippen LogP contribution in [0.3, 0.4) is 0 Å². The SMILES string of the molecule is CC1=C(c2ccc(OC(=O)C(C)(C)C)cc2)C(c2ccc(OCCN3CCCCC3)cc2)Oc2cc(OC(=O)C(C)(C)C)ccc21. The van der Waals surface area contributed by atoms with Crippen molar-refractivity contribution in [2.75, 3.05) is 26.2 Å². The summed E-state index contributed by atoms with van der Waals surface area (Å²) in [5.41, 5.74) is 3.64. The van der Waals surface area contributed by atoms with E-state index < -0.39 is 16.9 Å². The van der Waals surface area contributed by atoms with Crippen LogP contribution in [0.5, 0.6) is 23.0 Å². The van der Waals surface area contributed by atoms with Crippen molar-refractivity contribution in [3.63, 3.8) is 0 Å². The lowest BCUT2D eigenvalue weighted by molar-refractivity contribution is -0.143. The quantitative estimate of drug-likeness (QED) is 0.184. The van der Waals surface area contributed by atoms with Gasteiger partial charge in [0.25, 0.3) is 0 Å². The van der Waals surface area contributed by atoms with Crippen LogP contribution in [0.25, 0.3) is 11.1 Å². The molecule has 2 aliphatic rings. The number of hydrogen-bond donors (Lipinski definition) is 0. The number of likely N-dealkylation sites (tertiary alicyclic amines) is 1. The van der Waals surface area contributed by atoms with E-state index in [9.17, 15) is 9.59 Å². The standard InChI is InChI=1S/C39H47NO6/c1-26-32-20-19-31(45-37(42)39(5,6)7)25-33(32)46-35(34(26)27-11-17-30(18-12-27)44-36(41)38(2,3)4)28-13-15-29(16-14-28)43-24-23-40-21-9-8-10-22-40/h11-20,25,35H,8-10,21-24H2,1-7H3. The summed E-state index contributed by atoms with van der Waals surface area (Å²) in [5.74, 6) is 1.80. The van der Waals surface area contributed by atoms with Gasteiger partial charge in [0.2, 0.25) is 0 Å². The lowest BCUT2D eigenvalue weighted by atomic mass is 9.86. The average molecular weight is 626 g/mol. The van der Waals surface area contributed by atoms with Gasteiger partial charge in [0.1, 0.15) is 35.7 Å². The molecule has 5 rings (SSSR count). The van der Waals surface area contributed by atoms with E-state index in [2.05, 4.69) is 11.8 Å². The highest BCUT2D eigenvalue weighted by Crippen LogP contribution is 2.48. The second kappa shape index (κ2) is 13.7. The Kier molecular flexibility index (Phi) is 9.92. The van der Waals surface area contributed by atoms with Crippen molar-refractivity contribution in [2.24, 2.45) is 10.8 Å². The third-order valence-electron chi connectivity index (χ3n) is 8.39. The predicted octanol–water partition coefficient (Wildman–Crippen LogP) is 8.52. The van der Waals surface area contributed by atoms with Crippen molar-refractivity contribution in [1.29, 1.82) is 0 Å². The average Bonchev–Trinajstić information content (AvgIpc) is 3.01. The maximum Gasteiger partial charge on any atom is 0.316 e. The largest absolute Gasteiger partial charge is 0.492 e. The van der Waals surface area contributed by atoms with Gasteiger partial charge in [-0.2, -0.15) is 0 Å². The molecule has 0 radical (unpaired) electrons. The molecule has 244 valence electrons. The zero-order chi connectivity index (χ0) is 33.1.